The summed E-state index contributed by atoms with van der Waals surface area (Å²) in [4.78, 5) is 4.15. The summed E-state index contributed by atoms with van der Waals surface area (Å²) in [7, 11) is 0. The molecular weight excluding hydrogens is 328 g/mol. The van der Waals surface area contributed by atoms with Crippen LogP contribution in [0.25, 0.3) is 0 Å². The Kier molecular flexibility index (Phi) is 4.80. The maximum absolute atomic E-state index is 6.11. The van der Waals surface area contributed by atoms with Crippen LogP contribution < -0.4 is 10.5 Å². The predicted octanol–water partition coefficient (Wildman–Crippen LogP) is 4.18. The molecule has 2 N–H and O–H groups in total. The van der Waals surface area contributed by atoms with Gasteiger partial charge in [-0.25, -0.2) is 0 Å². The Morgan fingerprint density at radius 1 is 1.37 bits per heavy atom. The van der Waals surface area contributed by atoms with E-state index in [-0.39, 0.29) is 6.04 Å². The first-order valence-corrected chi connectivity index (χ1v) is 7.04. The van der Waals surface area contributed by atoms with E-state index in [2.05, 4.69) is 20.9 Å². The topological polar surface area (TPSA) is 48.1 Å². The summed E-state index contributed by atoms with van der Waals surface area (Å²) in [6.45, 7) is 1.96. The summed E-state index contributed by atoms with van der Waals surface area (Å²) in [5.74, 6) is 1.26. The largest absolute Gasteiger partial charge is 0.454 e. The quantitative estimate of drug-likeness (QED) is 0.907. The molecule has 0 bridgehead atoms. The van der Waals surface area contributed by atoms with E-state index < -0.39 is 0 Å². The van der Waals surface area contributed by atoms with Crippen LogP contribution in [0.5, 0.6) is 11.5 Å². The van der Waals surface area contributed by atoms with Gasteiger partial charge in [-0.1, -0.05) is 27.5 Å². The SMILES string of the molecule is CC(N)Cc1cncc(Oc2ccc(Br)cc2Cl)c1. The van der Waals surface area contributed by atoms with Gasteiger partial charge in [-0.05, 0) is 43.2 Å². The van der Waals surface area contributed by atoms with Crippen LogP contribution in [0.3, 0.4) is 0 Å². The minimum atomic E-state index is 0.0910. The summed E-state index contributed by atoms with van der Waals surface area (Å²) < 4.78 is 6.64. The van der Waals surface area contributed by atoms with Gasteiger partial charge in [0.2, 0.25) is 0 Å². The van der Waals surface area contributed by atoms with Gasteiger partial charge in [-0.2, -0.15) is 0 Å². The van der Waals surface area contributed by atoms with Gasteiger partial charge in [-0.15, -0.1) is 0 Å². The molecule has 2 aromatic rings. The number of nitrogens with zero attached hydrogens (tertiary/aromatic N) is 1. The maximum atomic E-state index is 6.11. The van der Waals surface area contributed by atoms with Crippen molar-refractivity contribution in [2.45, 2.75) is 19.4 Å². The molecule has 0 fully saturated rings. The molecule has 1 aromatic heterocycles. The Bertz CT molecular complexity index is 575. The number of hydrogen-bond donors (Lipinski definition) is 1. The van der Waals surface area contributed by atoms with Crippen molar-refractivity contribution in [3.05, 3.63) is 51.7 Å². The normalized spacial score (nSPS) is 12.2. The number of ether oxygens (including phenoxy) is 1. The minimum absolute atomic E-state index is 0.0910. The number of halogens is 2. The van der Waals surface area contributed by atoms with Crippen LogP contribution in [0.1, 0.15) is 12.5 Å². The molecule has 0 spiro atoms. The second-order valence-corrected chi connectivity index (χ2v) is 5.71. The molecule has 1 unspecified atom stereocenters. The number of pyridine rings is 1. The van der Waals surface area contributed by atoms with Gasteiger partial charge >= 0.3 is 0 Å². The fourth-order valence-corrected chi connectivity index (χ4v) is 2.40. The molecule has 0 saturated carbocycles. The van der Waals surface area contributed by atoms with E-state index in [1.807, 2.05) is 25.1 Å². The fourth-order valence-electron chi connectivity index (χ4n) is 1.69. The minimum Gasteiger partial charge on any atom is -0.454 e. The highest BCUT2D eigenvalue weighted by atomic mass is 79.9. The predicted molar refractivity (Wildman–Crippen MR) is 80.8 cm³/mol. The molecule has 0 radical (unpaired) electrons. The van der Waals surface area contributed by atoms with Crippen LogP contribution in [0.2, 0.25) is 5.02 Å². The molecule has 0 aliphatic rings. The highest BCUT2D eigenvalue weighted by Gasteiger charge is 2.06. The van der Waals surface area contributed by atoms with Crippen molar-refractivity contribution in [3.63, 3.8) is 0 Å². The first-order chi connectivity index (χ1) is 9.04. The van der Waals surface area contributed by atoms with Crippen LogP contribution in [-0.2, 0) is 6.42 Å². The third-order valence-corrected chi connectivity index (χ3v) is 3.24. The first-order valence-electron chi connectivity index (χ1n) is 5.87. The zero-order valence-corrected chi connectivity index (χ0v) is 12.8. The van der Waals surface area contributed by atoms with Crippen molar-refractivity contribution in [2.75, 3.05) is 0 Å². The zero-order valence-electron chi connectivity index (χ0n) is 10.4. The van der Waals surface area contributed by atoms with Crippen molar-refractivity contribution < 1.29 is 4.74 Å². The molecule has 0 saturated heterocycles. The van der Waals surface area contributed by atoms with Crippen LogP contribution in [0.4, 0.5) is 0 Å². The van der Waals surface area contributed by atoms with E-state index in [1.165, 1.54) is 0 Å². The number of nitrogens with two attached hydrogens (primary N) is 1. The van der Waals surface area contributed by atoms with Crippen molar-refractivity contribution in [1.29, 1.82) is 0 Å². The summed E-state index contributed by atoms with van der Waals surface area (Å²) in [5.41, 5.74) is 6.82. The third kappa shape index (κ3) is 4.20. The molecule has 19 heavy (non-hydrogen) atoms. The fraction of sp³-hybridized carbons (Fsp3) is 0.214. The smallest absolute Gasteiger partial charge is 0.146 e. The molecule has 5 heteroatoms. The lowest BCUT2D eigenvalue weighted by Crippen LogP contribution is -2.17. The highest BCUT2D eigenvalue weighted by molar-refractivity contribution is 9.10. The van der Waals surface area contributed by atoms with Crippen molar-refractivity contribution in [1.82, 2.24) is 4.98 Å². The standard InChI is InChI=1S/C14H14BrClN2O/c1-9(17)4-10-5-12(8-18-7-10)19-14-3-2-11(15)6-13(14)16/h2-3,5-9H,4,17H2,1H3. The Hall–Kier alpha value is -1.10. The Morgan fingerprint density at radius 2 is 2.16 bits per heavy atom. The number of benzene rings is 1. The molecule has 0 aliphatic carbocycles. The lowest BCUT2D eigenvalue weighted by atomic mass is 10.1. The molecule has 3 nitrogen and oxygen atoms in total. The molecule has 1 atom stereocenters. The van der Waals surface area contributed by atoms with E-state index in [1.54, 1.807) is 18.5 Å². The van der Waals surface area contributed by atoms with Gasteiger partial charge in [0.25, 0.3) is 0 Å². The van der Waals surface area contributed by atoms with Crippen LogP contribution >= 0.6 is 27.5 Å². The lowest BCUT2D eigenvalue weighted by Gasteiger charge is -2.10. The van der Waals surface area contributed by atoms with Gasteiger partial charge in [-0.3, -0.25) is 4.98 Å². The number of aromatic nitrogens is 1. The van der Waals surface area contributed by atoms with Gasteiger partial charge in [0.1, 0.15) is 11.5 Å². The number of rotatable bonds is 4. The van der Waals surface area contributed by atoms with E-state index in [0.29, 0.717) is 16.5 Å². The van der Waals surface area contributed by atoms with Crippen molar-refractivity contribution >= 4 is 27.5 Å². The first kappa shape index (κ1) is 14.3. The van der Waals surface area contributed by atoms with Gasteiger partial charge in [0.05, 0.1) is 11.2 Å². The molecule has 2 rings (SSSR count). The molecular formula is C14H14BrClN2O. The molecule has 1 heterocycles. The van der Waals surface area contributed by atoms with E-state index in [9.17, 15) is 0 Å². The molecule has 0 aliphatic heterocycles. The second kappa shape index (κ2) is 6.37. The lowest BCUT2D eigenvalue weighted by molar-refractivity contribution is 0.479. The van der Waals surface area contributed by atoms with Crippen LogP contribution in [0.15, 0.2) is 41.1 Å². The average Bonchev–Trinajstić information content (AvgIpc) is 2.32. The maximum Gasteiger partial charge on any atom is 0.146 e. The van der Waals surface area contributed by atoms with Gasteiger partial charge < -0.3 is 10.5 Å². The molecule has 1 aromatic carbocycles. The van der Waals surface area contributed by atoms with Crippen LogP contribution in [-0.4, -0.2) is 11.0 Å². The summed E-state index contributed by atoms with van der Waals surface area (Å²) in [5, 5.41) is 0.548. The average molecular weight is 342 g/mol. The Morgan fingerprint density at radius 3 is 2.84 bits per heavy atom. The van der Waals surface area contributed by atoms with E-state index >= 15 is 0 Å². The number of hydrogen-bond acceptors (Lipinski definition) is 3. The van der Waals surface area contributed by atoms with E-state index in [0.717, 1.165) is 16.5 Å². The second-order valence-electron chi connectivity index (χ2n) is 4.39. The van der Waals surface area contributed by atoms with E-state index in [4.69, 9.17) is 22.1 Å². The van der Waals surface area contributed by atoms with Crippen LogP contribution in [0, 0.1) is 0 Å². The molecule has 100 valence electrons. The Labute approximate surface area is 125 Å². The highest BCUT2D eigenvalue weighted by Crippen LogP contribution is 2.31. The summed E-state index contributed by atoms with van der Waals surface area (Å²) in [6.07, 6.45) is 4.21. The monoisotopic (exact) mass is 340 g/mol. The summed E-state index contributed by atoms with van der Waals surface area (Å²) >= 11 is 9.46. The Balaban J connectivity index is 2.18. The third-order valence-electron chi connectivity index (χ3n) is 2.45. The van der Waals surface area contributed by atoms with Gasteiger partial charge in [0, 0.05) is 16.7 Å². The van der Waals surface area contributed by atoms with Gasteiger partial charge in [0.15, 0.2) is 0 Å². The van der Waals surface area contributed by atoms with Crippen molar-refractivity contribution in [2.24, 2.45) is 5.73 Å². The summed E-state index contributed by atoms with van der Waals surface area (Å²) in [6, 6.07) is 7.49. The molecule has 0 amide bonds. The van der Waals surface area contributed by atoms with Crippen molar-refractivity contribution in [3.8, 4) is 11.5 Å². The zero-order chi connectivity index (χ0) is 13.8.